The molecular formula is C17H26FNO2. The van der Waals surface area contributed by atoms with E-state index in [1.165, 1.54) is 0 Å². The molecule has 0 aliphatic carbocycles. The van der Waals surface area contributed by atoms with E-state index in [0.717, 1.165) is 44.5 Å². The summed E-state index contributed by atoms with van der Waals surface area (Å²) in [5, 5.41) is 9.80. The minimum absolute atomic E-state index is 0.0522. The van der Waals surface area contributed by atoms with Gasteiger partial charge in [0.05, 0.1) is 6.61 Å². The molecule has 0 amide bonds. The Morgan fingerprint density at radius 2 is 2.24 bits per heavy atom. The van der Waals surface area contributed by atoms with Crippen molar-refractivity contribution in [3.63, 3.8) is 0 Å². The van der Waals surface area contributed by atoms with E-state index in [4.69, 9.17) is 4.74 Å². The zero-order valence-corrected chi connectivity index (χ0v) is 13.1. The van der Waals surface area contributed by atoms with Gasteiger partial charge in [0.15, 0.2) is 0 Å². The number of nitrogens with zero attached hydrogens (tertiary/aromatic N) is 1. The predicted octanol–water partition coefficient (Wildman–Crippen LogP) is 2.75. The van der Waals surface area contributed by atoms with Gasteiger partial charge in [0.2, 0.25) is 0 Å². The van der Waals surface area contributed by atoms with Crippen molar-refractivity contribution in [1.29, 1.82) is 0 Å². The Morgan fingerprint density at radius 3 is 2.90 bits per heavy atom. The van der Waals surface area contributed by atoms with Crippen LogP contribution in [0, 0.1) is 18.2 Å². The van der Waals surface area contributed by atoms with Gasteiger partial charge in [-0.25, -0.2) is 4.39 Å². The van der Waals surface area contributed by atoms with Gasteiger partial charge in [0.1, 0.15) is 5.82 Å². The maximum atomic E-state index is 13.3. The standard InChI is InChI=1S/C17H26FNO2/c1-14-10-15(4-5-16(14)18)11-19-8-3-6-17(12-19,13-20)7-9-21-2/h4-5,10,20H,3,6-9,11-13H2,1-2H3/t17-/m0/s1. The van der Waals surface area contributed by atoms with Crippen LogP contribution in [0.1, 0.15) is 30.4 Å². The fourth-order valence-electron chi connectivity index (χ4n) is 3.24. The second-order valence-electron chi connectivity index (χ2n) is 6.30. The van der Waals surface area contributed by atoms with Crippen LogP contribution in [-0.4, -0.2) is 43.4 Å². The van der Waals surface area contributed by atoms with E-state index in [2.05, 4.69) is 4.90 Å². The Hall–Kier alpha value is -0.970. The van der Waals surface area contributed by atoms with Gasteiger partial charge in [-0.2, -0.15) is 0 Å². The summed E-state index contributed by atoms with van der Waals surface area (Å²) in [6, 6.07) is 5.31. The van der Waals surface area contributed by atoms with Crippen molar-refractivity contribution in [3.05, 3.63) is 35.1 Å². The van der Waals surface area contributed by atoms with Gasteiger partial charge in [-0.3, -0.25) is 4.90 Å². The van der Waals surface area contributed by atoms with Gasteiger partial charge in [-0.05, 0) is 49.9 Å². The van der Waals surface area contributed by atoms with Gasteiger partial charge in [-0.1, -0.05) is 12.1 Å². The summed E-state index contributed by atoms with van der Waals surface area (Å²) in [7, 11) is 1.70. The molecule has 1 saturated heterocycles. The lowest BCUT2D eigenvalue weighted by Gasteiger charge is -2.42. The summed E-state index contributed by atoms with van der Waals surface area (Å²) < 4.78 is 18.5. The molecule has 21 heavy (non-hydrogen) atoms. The molecular weight excluding hydrogens is 269 g/mol. The van der Waals surface area contributed by atoms with Crippen molar-refractivity contribution >= 4 is 0 Å². The number of aliphatic hydroxyl groups is 1. The highest BCUT2D eigenvalue weighted by molar-refractivity contribution is 5.23. The van der Waals surface area contributed by atoms with E-state index in [9.17, 15) is 9.50 Å². The molecule has 1 aromatic carbocycles. The van der Waals surface area contributed by atoms with Gasteiger partial charge >= 0.3 is 0 Å². The van der Waals surface area contributed by atoms with Crippen molar-refractivity contribution in [3.8, 4) is 0 Å². The molecule has 1 N–H and O–H groups in total. The Balaban J connectivity index is 2.01. The zero-order chi connectivity index (χ0) is 15.3. The fraction of sp³-hybridized carbons (Fsp3) is 0.647. The second-order valence-corrected chi connectivity index (χ2v) is 6.30. The number of halogens is 1. The minimum atomic E-state index is -0.151. The summed E-state index contributed by atoms with van der Waals surface area (Å²) in [4.78, 5) is 2.36. The molecule has 0 aromatic heterocycles. The number of ether oxygens (including phenoxy) is 1. The first-order valence-electron chi connectivity index (χ1n) is 7.66. The number of hydrogen-bond donors (Lipinski definition) is 1. The van der Waals surface area contributed by atoms with Crippen LogP contribution in [0.5, 0.6) is 0 Å². The molecule has 118 valence electrons. The van der Waals surface area contributed by atoms with E-state index in [0.29, 0.717) is 12.2 Å². The van der Waals surface area contributed by atoms with E-state index in [1.54, 1.807) is 20.1 Å². The molecule has 4 heteroatoms. The average Bonchev–Trinajstić information content (AvgIpc) is 2.49. The third-order valence-corrected chi connectivity index (χ3v) is 4.54. The summed E-state index contributed by atoms with van der Waals surface area (Å²) in [5.41, 5.74) is 1.77. The van der Waals surface area contributed by atoms with Gasteiger partial charge in [-0.15, -0.1) is 0 Å². The molecule has 0 unspecified atom stereocenters. The van der Waals surface area contributed by atoms with Gasteiger partial charge in [0, 0.05) is 32.2 Å². The smallest absolute Gasteiger partial charge is 0.126 e. The van der Waals surface area contributed by atoms with Crippen LogP contribution in [0.4, 0.5) is 4.39 Å². The molecule has 1 aliphatic rings. The molecule has 1 aliphatic heterocycles. The number of benzene rings is 1. The lowest BCUT2D eigenvalue weighted by atomic mass is 9.78. The molecule has 1 heterocycles. The van der Waals surface area contributed by atoms with E-state index >= 15 is 0 Å². The molecule has 1 atom stereocenters. The van der Waals surface area contributed by atoms with Crippen molar-refractivity contribution in [2.45, 2.75) is 32.7 Å². The van der Waals surface area contributed by atoms with Crippen LogP contribution in [0.3, 0.4) is 0 Å². The van der Waals surface area contributed by atoms with Crippen LogP contribution < -0.4 is 0 Å². The van der Waals surface area contributed by atoms with Gasteiger partial charge < -0.3 is 9.84 Å². The summed E-state index contributed by atoms with van der Waals surface area (Å²) in [6.45, 7) is 5.41. The molecule has 0 radical (unpaired) electrons. The highest BCUT2D eigenvalue weighted by Gasteiger charge is 2.34. The van der Waals surface area contributed by atoms with Gasteiger partial charge in [0.25, 0.3) is 0 Å². The largest absolute Gasteiger partial charge is 0.396 e. The van der Waals surface area contributed by atoms with Crippen LogP contribution in [-0.2, 0) is 11.3 Å². The number of piperidine rings is 1. The van der Waals surface area contributed by atoms with Crippen LogP contribution >= 0.6 is 0 Å². The summed E-state index contributed by atoms with van der Waals surface area (Å²) in [5.74, 6) is -0.151. The second kappa shape index (κ2) is 7.34. The molecule has 0 spiro atoms. The summed E-state index contributed by atoms with van der Waals surface area (Å²) in [6.07, 6.45) is 3.02. The highest BCUT2D eigenvalue weighted by Crippen LogP contribution is 2.33. The monoisotopic (exact) mass is 295 g/mol. The Kier molecular flexibility index (Phi) is 5.73. The number of aliphatic hydroxyl groups excluding tert-OH is 1. The quantitative estimate of drug-likeness (QED) is 0.876. The molecule has 3 nitrogen and oxygen atoms in total. The third kappa shape index (κ3) is 4.25. The maximum Gasteiger partial charge on any atom is 0.126 e. The first kappa shape index (κ1) is 16.4. The van der Waals surface area contributed by atoms with Crippen LogP contribution in [0.2, 0.25) is 0 Å². The number of likely N-dealkylation sites (tertiary alicyclic amines) is 1. The molecule has 2 rings (SSSR count). The summed E-state index contributed by atoms with van der Waals surface area (Å²) >= 11 is 0. The predicted molar refractivity (Wildman–Crippen MR) is 81.7 cm³/mol. The number of rotatable bonds is 6. The van der Waals surface area contributed by atoms with Crippen molar-refractivity contribution in [1.82, 2.24) is 4.90 Å². The molecule has 0 saturated carbocycles. The first-order valence-corrected chi connectivity index (χ1v) is 7.66. The first-order chi connectivity index (χ1) is 10.1. The Labute approximate surface area is 126 Å². The fourth-order valence-corrected chi connectivity index (χ4v) is 3.24. The topological polar surface area (TPSA) is 32.7 Å². The highest BCUT2D eigenvalue weighted by atomic mass is 19.1. The van der Waals surface area contributed by atoms with Crippen LogP contribution in [0.25, 0.3) is 0 Å². The van der Waals surface area contributed by atoms with E-state index in [-0.39, 0.29) is 17.8 Å². The van der Waals surface area contributed by atoms with Crippen LogP contribution in [0.15, 0.2) is 18.2 Å². The Bertz CT molecular complexity index is 466. The molecule has 0 bridgehead atoms. The lowest BCUT2D eigenvalue weighted by molar-refractivity contribution is 0.00475. The molecule has 1 fully saturated rings. The number of aryl methyl sites for hydroxylation is 1. The van der Waals surface area contributed by atoms with E-state index in [1.807, 2.05) is 12.1 Å². The maximum absolute atomic E-state index is 13.3. The Morgan fingerprint density at radius 1 is 1.43 bits per heavy atom. The zero-order valence-electron chi connectivity index (χ0n) is 13.1. The van der Waals surface area contributed by atoms with Crippen molar-refractivity contribution in [2.24, 2.45) is 5.41 Å². The third-order valence-electron chi connectivity index (χ3n) is 4.54. The average molecular weight is 295 g/mol. The normalized spacial score (nSPS) is 23.4. The number of hydrogen-bond acceptors (Lipinski definition) is 3. The van der Waals surface area contributed by atoms with Crippen molar-refractivity contribution < 1.29 is 14.2 Å². The van der Waals surface area contributed by atoms with Crippen molar-refractivity contribution in [2.75, 3.05) is 33.4 Å². The SMILES string of the molecule is COCC[C@@]1(CO)CCCN(Cc2ccc(F)c(C)c2)C1. The minimum Gasteiger partial charge on any atom is -0.396 e. The number of methoxy groups -OCH3 is 1. The lowest BCUT2D eigenvalue weighted by Crippen LogP contribution is -2.45. The molecule has 1 aromatic rings. The van der Waals surface area contributed by atoms with E-state index < -0.39 is 0 Å².